The molecule has 0 saturated carbocycles. The Labute approximate surface area is 92.1 Å². The van der Waals surface area contributed by atoms with E-state index in [9.17, 15) is 13.2 Å². The summed E-state index contributed by atoms with van der Waals surface area (Å²) in [4.78, 5) is 0. The van der Waals surface area contributed by atoms with Gasteiger partial charge in [-0.05, 0) is 11.4 Å². The number of thiophene rings is 1. The summed E-state index contributed by atoms with van der Waals surface area (Å²) in [6.45, 7) is 0. The lowest BCUT2D eigenvalue weighted by Crippen LogP contribution is -2.07. The largest absolute Gasteiger partial charge is 0.434 e. The Balaban J connectivity index is 2.59. The summed E-state index contributed by atoms with van der Waals surface area (Å²) in [5.74, 6) is 0. The van der Waals surface area contributed by atoms with Crippen LogP contribution in [0.5, 0.6) is 0 Å². The molecule has 0 atom stereocenters. The second-order valence-electron chi connectivity index (χ2n) is 2.94. The lowest BCUT2D eigenvalue weighted by Gasteiger charge is -2.02. The average Bonchev–Trinajstić information content (AvgIpc) is 2.84. The molecule has 1 N–H and O–H groups in total. The molecule has 82 valence electrons. The molecule has 0 aliphatic heterocycles. The molecule has 2 aromatic rings. The standard InChI is InChI=1S/C9H4F3N3S/c10-9(11,12)8-6(3-13)7(14-15-8)5-1-2-16-4-5/h1-2,4H,(H,14,15). The zero-order valence-electron chi connectivity index (χ0n) is 7.67. The second kappa shape index (κ2) is 3.64. The minimum Gasteiger partial charge on any atom is -0.272 e. The SMILES string of the molecule is N#Cc1c(-c2ccsc2)n[nH]c1C(F)(F)F. The van der Waals surface area contributed by atoms with E-state index >= 15 is 0 Å². The first-order valence-electron chi connectivity index (χ1n) is 4.12. The van der Waals surface area contributed by atoms with Crippen LogP contribution in [0.4, 0.5) is 13.2 Å². The van der Waals surface area contributed by atoms with Gasteiger partial charge in [-0.3, -0.25) is 5.10 Å². The van der Waals surface area contributed by atoms with Gasteiger partial charge in [0.15, 0.2) is 5.69 Å². The van der Waals surface area contributed by atoms with Crippen LogP contribution >= 0.6 is 11.3 Å². The predicted octanol–water partition coefficient (Wildman–Crippen LogP) is 3.03. The first-order chi connectivity index (χ1) is 7.54. The number of aromatic amines is 1. The van der Waals surface area contributed by atoms with Crippen LogP contribution in [-0.2, 0) is 6.18 Å². The van der Waals surface area contributed by atoms with E-state index in [0.29, 0.717) is 5.56 Å². The molecule has 7 heteroatoms. The topological polar surface area (TPSA) is 52.5 Å². The number of nitrogens with one attached hydrogen (secondary N) is 1. The first-order valence-corrected chi connectivity index (χ1v) is 5.06. The molecule has 0 fully saturated rings. The predicted molar refractivity (Wildman–Crippen MR) is 51.6 cm³/mol. The maximum absolute atomic E-state index is 12.5. The number of H-pyrrole nitrogens is 1. The summed E-state index contributed by atoms with van der Waals surface area (Å²) in [5.41, 5.74) is -1.02. The Bertz CT molecular complexity index is 533. The van der Waals surface area contributed by atoms with Gasteiger partial charge in [-0.2, -0.15) is 34.9 Å². The maximum Gasteiger partial charge on any atom is 0.434 e. The van der Waals surface area contributed by atoms with Gasteiger partial charge in [-0.15, -0.1) is 0 Å². The van der Waals surface area contributed by atoms with Gasteiger partial charge >= 0.3 is 6.18 Å². The molecule has 2 rings (SSSR count). The number of aromatic nitrogens is 2. The van der Waals surface area contributed by atoms with E-state index in [1.165, 1.54) is 17.4 Å². The fraction of sp³-hybridized carbons (Fsp3) is 0.111. The smallest absolute Gasteiger partial charge is 0.272 e. The van der Waals surface area contributed by atoms with Gasteiger partial charge in [0.1, 0.15) is 17.3 Å². The Morgan fingerprint density at radius 3 is 2.69 bits per heavy atom. The third-order valence-electron chi connectivity index (χ3n) is 1.96. The van der Waals surface area contributed by atoms with Gasteiger partial charge in [-0.25, -0.2) is 0 Å². The number of halogens is 3. The van der Waals surface area contributed by atoms with Crippen molar-refractivity contribution in [1.29, 1.82) is 5.26 Å². The number of hydrogen-bond acceptors (Lipinski definition) is 3. The normalized spacial score (nSPS) is 11.4. The fourth-order valence-corrected chi connectivity index (χ4v) is 1.90. The Kier molecular flexibility index (Phi) is 2.44. The summed E-state index contributed by atoms with van der Waals surface area (Å²) >= 11 is 1.33. The van der Waals surface area contributed by atoms with Crippen LogP contribution in [0.3, 0.4) is 0 Å². The summed E-state index contributed by atoms with van der Waals surface area (Å²) in [7, 11) is 0. The number of nitrogens with zero attached hydrogens (tertiary/aromatic N) is 2. The lowest BCUT2D eigenvalue weighted by molar-refractivity contribution is -0.141. The van der Waals surface area contributed by atoms with E-state index in [2.05, 4.69) is 5.10 Å². The maximum atomic E-state index is 12.5. The molecule has 16 heavy (non-hydrogen) atoms. The zero-order valence-corrected chi connectivity index (χ0v) is 8.49. The van der Waals surface area contributed by atoms with Gasteiger partial charge < -0.3 is 0 Å². The van der Waals surface area contributed by atoms with Crippen molar-refractivity contribution in [3.05, 3.63) is 28.1 Å². The van der Waals surface area contributed by atoms with Gasteiger partial charge in [0, 0.05) is 10.9 Å². The van der Waals surface area contributed by atoms with E-state index in [1.54, 1.807) is 16.8 Å². The lowest BCUT2D eigenvalue weighted by atomic mass is 10.1. The highest BCUT2D eigenvalue weighted by molar-refractivity contribution is 7.08. The first kappa shape index (κ1) is 10.7. The molecule has 0 spiro atoms. The molecule has 0 aliphatic rings. The molecule has 2 aromatic heterocycles. The highest BCUT2D eigenvalue weighted by atomic mass is 32.1. The van der Waals surface area contributed by atoms with Crippen molar-refractivity contribution >= 4 is 11.3 Å². The molecular weight excluding hydrogens is 239 g/mol. The van der Waals surface area contributed by atoms with Crippen molar-refractivity contribution in [1.82, 2.24) is 10.2 Å². The van der Waals surface area contributed by atoms with Gasteiger partial charge in [0.25, 0.3) is 0 Å². The number of alkyl halides is 3. The van der Waals surface area contributed by atoms with Crippen LogP contribution in [0.15, 0.2) is 16.8 Å². The Morgan fingerprint density at radius 1 is 1.44 bits per heavy atom. The van der Waals surface area contributed by atoms with Crippen LogP contribution < -0.4 is 0 Å². The summed E-state index contributed by atoms with van der Waals surface area (Å²) in [6, 6.07) is 3.14. The molecule has 0 amide bonds. The molecule has 0 saturated heterocycles. The van der Waals surface area contributed by atoms with Crippen molar-refractivity contribution in [3.8, 4) is 17.3 Å². The Morgan fingerprint density at radius 2 is 2.19 bits per heavy atom. The van der Waals surface area contributed by atoms with Gasteiger partial charge in [0.2, 0.25) is 0 Å². The van der Waals surface area contributed by atoms with Crippen LogP contribution in [0.25, 0.3) is 11.3 Å². The number of hydrogen-bond donors (Lipinski definition) is 1. The van der Waals surface area contributed by atoms with Crippen molar-refractivity contribution in [2.45, 2.75) is 6.18 Å². The van der Waals surface area contributed by atoms with E-state index in [1.807, 2.05) is 5.10 Å². The molecule has 0 unspecified atom stereocenters. The average molecular weight is 243 g/mol. The van der Waals surface area contributed by atoms with Crippen LogP contribution in [-0.4, -0.2) is 10.2 Å². The third kappa shape index (κ3) is 1.67. The molecule has 0 radical (unpaired) electrons. The molecule has 3 nitrogen and oxygen atoms in total. The summed E-state index contributed by atoms with van der Waals surface area (Å²) < 4.78 is 37.4. The quantitative estimate of drug-likeness (QED) is 0.836. The summed E-state index contributed by atoms with van der Waals surface area (Å²) in [6.07, 6.45) is -4.59. The monoisotopic (exact) mass is 243 g/mol. The van der Waals surface area contributed by atoms with E-state index in [0.717, 1.165) is 0 Å². The van der Waals surface area contributed by atoms with Crippen molar-refractivity contribution < 1.29 is 13.2 Å². The highest BCUT2D eigenvalue weighted by Gasteiger charge is 2.37. The minimum absolute atomic E-state index is 0.0380. The highest BCUT2D eigenvalue weighted by Crippen LogP contribution is 2.34. The van der Waals surface area contributed by atoms with Gasteiger partial charge in [0.05, 0.1) is 0 Å². The van der Waals surface area contributed by atoms with E-state index in [-0.39, 0.29) is 5.69 Å². The van der Waals surface area contributed by atoms with Crippen molar-refractivity contribution in [2.75, 3.05) is 0 Å². The molecule has 0 aromatic carbocycles. The second-order valence-corrected chi connectivity index (χ2v) is 3.72. The summed E-state index contributed by atoms with van der Waals surface area (Å²) in [5, 5.41) is 17.5. The van der Waals surface area contributed by atoms with Crippen LogP contribution in [0.1, 0.15) is 11.3 Å². The number of nitriles is 1. The molecule has 2 heterocycles. The van der Waals surface area contributed by atoms with Crippen LogP contribution in [0, 0.1) is 11.3 Å². The van der Waals surface area contributed by atoms with E-state index < -0.39 is 17.4 Å². The third-order valence-corrected chi connectivity index (χ3v) is 2.64. The molecular formula is C9H4F3N3S. The minimum atomic E-state index is -4.59. The van der Waals surface area contributed by atoms with Crippen molar-refractivity contribution in [2.24, 2.45) is 0 Å². The van der Waals surface area contributed by atoms with E-state index in [4.69, 9.17) is 5.26 Å². The van der Waals surface area contributed by atoms with Gasteiger partial charge in [-0.1, -0.05) is 0 Å². The van der Waals surface area contributed by atoms with Crippen LogP contribution in [0.2, 0.25) is 0 Å². The van der Waals surface area contributed by atoms with Crippen molar-refractivity contribution in [3.63, 3.8) is 0 Å². The number of rotatable bonds is 1. The zero-order chi connectivity index (χ0) is 11.8. The molecule has 0 aliphatic carbocycles. The fourth-order valence-electron chi connectivity index (χ4n) is 1.26. The Hall–Kier alpha value is -1.81. The molecule has 0 bridgehead atoms.